The molecule has 21 heavy (non-hydrogen) atoms. The van der Waals surface area contributed by atoms with Crippen molar-refractivity contribution in [2.45, 2.75) is 12.8 Å². The highest BCUT2D eigenvalue weighted by atomic mass is 16.5. The van der Waals surface area contributed by atoms with Crippen LogP contribution in [0.5, 0.6) is 0 Å². The molecule has 0 aromatic heterocycles. The third-order valence-electron chi connectivity index (χ3n) is 3.94. The van der Waals surface area contributed by atoms with Gasteiger partial charge in [-0.05, 0) is 37.0 Å². The van der Waals surface area contributed by atoms with Crippen LogP contribution >= 0.6 is 0 Å². The predicted molar refractivity (Wildman–Crippen MR) is 85.7 cm³/mol. The molecule has 1 aliphatic heterocycles. The zero-order valence-corrected chi connectivity index (χ0v) is 13.1. The Morgan fingerprint density at radius 1 is 1.48 bits per heavy atom. The van der Waals surface area contributed by atoms with Crippen LogP contribution in [0.3, 0.4) is 0 Å². The number of nitrogens with two attached hydrogens (primary N) is 1. The summed E-state index contributed by atoms with van der Waals surface area (Å²) in [5.41, 5.74) is 8.48. The fraction of sp³-hybridized carbons (Fsp3) is 0.562. The lowest BCUT2D eigenvalue weighted by Gasteiger charge is -2.35. The second kappa shape index (κ2) is 6.80. The number of nitrogen functional groups attached to an aromatic ring is 1. The Bertz CT molecular complexity index is 500. The number of hydrogen-bond acceptors (Lipinski definition) is 4. The van der Waals surface area contributed by atoms with Gasteiger partial charge < -0.3 is 20.3 Å². The van der Waals surface area contributed by atoms with Crippen LogP contribution < -0.4 is 10.6 Å². The molecule has 0 saturated carbocycles. The highest BCUT2D eigenvalue weighted by Crippen LogP contribution is 2.29. The molecule has 0 spiro atoms. The summed E-state index contributed by atoms with van der Waals surface area (Å²) in [6.07, 6.45) is 2.34. The van der Waals surface area contributed by atoms with Gasteiger partial charge in [-0.15, -0.1) is 0 Å². The Labute approximate surface area is 126 Å². The maximum atomic E-state index is 12.0. The van der Waals surface area contributed by atoms with Crippen molar-refractivity contribution in [3.05, 3.63) is 23.8 Å². The number of carbonyl (C=O) groups excluding carboxylic acids is 1. The summed E-state index contributed by atoms with van der Waals surface area (Å²) in [5, 5.41) is 0. The van der Waals surface area contributed by atoms with E-state index in [4.69, 9.17) is 10.5 Å². The minimum Gasteiger partial charge on any atom is -0.397 e. The summed E-state index contributed by atoms with van der Waals surface area (Å²) >= 11 is 0. The van der Waals surface area contributed by atoms with Gasteiger partial charge in [0, 0.05) is 39.9 Å². The lowest BCUT2D eigenvalue weighted by atomic mass is 9.98. The minimum absolute atomic E-state index is 0.0239. The van der Waals surface area contributed by atoms with E-state index in [0.29, 0.717) is 17.2 Å². The number of benzene rings is 1. The smallest absolute Gasteiger partial charge is 0.253 e. The van der Waals surface area contributed by atoms with Crippen LogP contribution in [-0.4, -0.2) is 51.7 Å². The molecule has 1 atom stereocenters. The van der Waals surface area contributed by atoms with Crippen molar-refractivity contribution >= 4 is 17.3 Å². The van der Waals surface area contributed by atoms with Gasteiger partial charge in [0.2, 0.25) is 0 Å². The molecule has 1 saturated heterocycles. The van der Waals surface area contributed by atoms with Crippen molar-refractivity contribution in [1.29, 1.82) is 0 Å². The molecule has 1 unspecified atom stereocenters. The van der Waals surface area contributed by atoms with E-state index in [1.54, 1.807) is 32.2 Å². The molecule has 1 heterocycles. The van der Waals surface area contributed by atoms with E-state index >= 15 is 0 Å². The molecule has 1 aliphatic rings. The van der Waals surface area contributed by atoms with Gasteiger partial charge in [0.1, 0.15) is 0 Å². The van der Waals surface area contributed by atoms with E-state index in [9.17, 15) is 4.79 Å². The molecule has 1 aromatic carbocycles. The Morgan fingerprint density at radius 3 is 2.86 bits per heavy atom. The van der Waals surface area contributed by atoms with Gasteiger partial charge in [0.15, 0.2) is 0 Å². The number of piperidine rings is 1. The Morgan fingerprint density at radius 2 is 2.24 bits per heavy atom. The van der Waals surface area contributed by atoms with Crippen molar-refractivity contribution in [1.82, 2.24) is 4.90 Å². The number of methoxy groups -OCH3 is 1. The molecule has 2 N–H and O–H groups in total. The number of amides is 1. The van der Waals surface area contributed by atoms with E-state index in [1.807, 2.05) is 12.1 Å². The van der Waals surface area contributed by atoms with Crippen molar-refractivity contribution in [2.24, 2.45) is 5.92 Å². The normalized spacial score (nSPS) is 18.6. The van der Waals surface area contributed by atoms with Gasteiger partial charge in [-0.3, -0.25) is 4.79 Å². The molecule has 116 valence electrons. The van der Waals surface area contributed by atoms with Crippen LogP contribution in [0, 0.1) is 5.92 Å². The average molecular weight is 291 g/mol. The quantitative estimate of drug-likeness (QED) is 0.860. The van der Waals surface area contributed by atoms with E-state index in [-0.39, 0.29) is 5.91 Å². The van der Waals surface area contributed by atoms with Crippen molar-refractivity contribution in [2.75, 3.05) is 51.5 Å². The number of ether oxygens (including phenoxy) is 1. The number of anilines is 2. The van der Waals surface area contributed by atoms with Crippen LogP contribution in [0.4, 0.5) is 11.4 Å². The van der Waals surface area contributed by atoms with Gasteiger partial charge in [-0.2, -0.15) is 0 Å². The molecular formula is C16H25N3O2. The summed E-state index contributed by atoms with van der Waals surface area (Å²) < 4.78 is 5.26. The Hall–Kier alpha value is -1.75. The molecule has 2 rings (SSSR count). The van der Waals surface area contributed by atoms with E-state index < -0.39 is 0 Å². The molecule has 5 heteroatoms. The molecule has 0 radical (unpaired) electrons. The molecular weight excluding hydrogens is 266 g/mol. The Balaban J connectivity index is 2.15. The third kappa shape index (κ3) is 3.67. The summed E-state index contributed by atoms with van der Waals surface area (Å²) in [6.45, 7) is 2.75. The highest BCUT2D eigenvalue weighted by Gasteiger charge is 2.22. The molecule has 1 fully saturated rings. The molecule has 0 aliphatic carbocycles. The van der Waals surface area contributed by atoms with Gasteiger partial charge >= 0.3 is 0 Å². The van der Waals surface area contributed by atoms with Crippen LogP contribution in [0.2, 0.25) is 0 Å². The van der Waals surface area contributed by atoms with Crippen molar-refractivity contribution < 1.29 is 9.53 Å². The standard InChI is InChI=1S/C16H25N3O2/c1-18(2)16(20)13-6-7-15(14(17)9-13)19-8-4-5-12(10-19)11-21-3/h6-7,9,12H,4-5,8,10-11,17H2,1-3H3. The third-order valence-corrected chi connectivity index (χ3v) is 3.94. The first kappa shape index (κ1) is 15.6. The Kier molecular flexibility index (Phi) is 5.07. The first-order chi connectivity index (χ1) is 10.0. The lowest BCUT2D eigenvalue weighted by molar-refractivity contribution is 0.0827. The number of hydrogen-bond donors (Lipinski definition) is 1. The van der Waals surface area contributed by atoms with Gasteiger partial charge in [-0.1, -0.05) is 0 Å². The van der Waals surface area contributed by atoms with Crippen molar-refractivity contribution in [3.63, 3.8) is 0 Å². The minimum atomic E-state index is -0.0239. The monoisotopic (exact) mass is 291 g/mol. The average Bonchev–Trinajstić information content (AvgIpc) is 2.47. The summed E-state index contributed by atoms with van der Waals surface area (Å²) in [4.78, 5) is 15.8. The predicted octanol–water partition coefficient (Wildman–Crippen LogP) is 1.83. The second-order valence-corrected chi connectivity index (χ2v) is 5.88. The van der Waals surface area contributed by atoms with E-state index in [1.165, 1.54) is 6.42 Å². The van der Waals surface area contributed by atoms with E-state index in [0.717, 1.165) is 31.8 Å². The molecule has 0 bridgehead atoms. The van der Waals surface area contributed by atoms with Gasteiger partial charge in [0.25, 0.3) is 5.91 Å². The topological polar surface area (TPSA) is 58.8 Å². The van der Waals surface area contributed by atoms with Crippen LogP contribution in [0.1, 0.15) is 23.2 Å². The van der Waals surface area contributed by atoms with Crippen LogP contribution in [0.25, 0.3) is 0 Å². The summed E-state index contributed by atoms with van der Waals surface area (Å²) in [5.74, 6) is 0.524. The fourth-order valence-electron chi connectivity index (χ4n) is 2.89. The summed E-state index contributed by atoms with van der Waals surface area (Å²) in [7, 11) is 5.23. The van der Waals surface area contributed by atoms with Crippen LogP contribution in [0.15, 0.2) is 18.2 Å². The zero-order valence-electron chi connectivity index (χ0n) is 13.1. The molecule has 5 nitrogen and oxygen atoms in total. The largest absolute Gasteiger partial charge is 0.397 e. The zero-order chi connectivity index (χ0) is 15.4. The number of nitrogens with zero attached hydrogens (tertiary/aromatic N) is 2. The van der Waals surface area contributed by atoms with Gasteiger partial charge in [0.05, 0.1) is 18.0 Å². The SMILES string of the molecule is COCC1CCCN(c2ccc(C(=O)N(C)C)cc2N)C1. The lowest BCUT2D eigenvalue weighted by Crippen LogP contribution is -2.37. The fourth-order valence-corrected chi connectivity index (χ4v) is 2.89. The second-order valence-electron chi connectivity index (χ2n) is 5.88. The number of carbonyl (C=O) groups is 1. The first-order valence-electron chi connectivity index (χ1n) is 7.38. The van der Waals surface area contributed by atoms with E-state index in [2.05, 4.69) is 4.90 Å². The summed E-state index contributed by atoms with van der Waals surface area (Å²) in [6, 6.07) is 5.59. The highest BCUT2D eigenvalue weighted by molar-refractivity contribution is 5.95. The first-order valence-corrected chi connectivity index (χ1v) is 7.38. The molecule has 1 aromatic rings. The van der Waals surface area contributed by atoms with Crippen LogP contribution in [-0.2, 0) is 4.74 Å². The van der Waals surface area contributed by atoms with Gasteiger partial charge in [-0.25, -0.2) is 0 Å². The molecule has 1 amide bonds. The maximum absolute atomic E-state index is 12.0. The number of rotatable bonds is 4. The van der Waals surface area contributed by atoms with Crippen molar-refractivity contribution in [3.8, 4) is 0 Å². The maximum Gasteiger partial charge on any atom is 0.253 e.